The largest absolute Gasteiger partial charge is 0.497 e. The lowest BCUT2D eigenvalue weighted by Crippen LogP contribution is -2.47. The van der Waals surface area contributed by atoms with Crippen LogP contribution < -0.4 is 14.2 Å². The maximum Gasteiger partial charge on any atom is 0.240 e. The van der Waals surface area contributed by atoms with E-state index >= 15 is 4.79 Å². The number of benzene rings is 2. The SMILES string of the molecule is C=CC1C[C@]1(CC(=O)[C@@H]1C[C@@H](Oc2cc(-c3ccccc3)nc3cc(OC)ccc23)CN1C(=O)[C@H](CC(=O)N1CCCCC1)CC1CCCCC1)C(=O)NS(=O)(=O)C1CC1. The van der Waals surface area contributed by atoms with Gasteiger partial charge in [0.15, 0.2) is 5.78 Å². The molecule has 0 bridgehead atoms. The van der Waals surface area contributed by atoms with E-state index < -0.39 is 44.7 Å². The lowest BCUT2D eigenvalue weighted by atomic mass is 9.81. The van der Waals surface area contributed by atoms with E-state index in [1.165, 1.54) is 0 Å². The molecule has 1 N–H and O–H groups in total. The second kappa shape index (κ2) is 17.7. The van der Waals surface area contributed by atoms with Gasteiger partial charge in [-0.1, -0.05) is 68.5 Å². The number of carbonyl (C=O) groups excluding carboxylic acids is 4. The van der Waals surface area contributed by atoms with Gasteiger partial charge in [0, 0.05) is 61.4 Å². The fraction of sp³-hybridized carbons (Fsp3) is 0.553. The number of aromatic nitrogens is 1. The number of pyridine rings is 1. The summed E-state index contributed by atoms with van der Waals surface area (Å²) in [5, 5.41) is 0.141. The molecule has 3 amide bonds. The van der Waals surface area contributed by atoms with Crippen molar-refractivity contribution in [2.75, 3.05) is 26.7 Å². The molecule has 0 radical (unpaired) electrons. The van der Waals surface area contributed by atoms with Crippen LogP contribution >= 0.6 is 0 Å². The van der Waals surface area contributed by atoms with Crippen molar-refractivity contribution in [3.63, 3.8) is 0 Å². The monoisotopic (exact) mass is 838 g/mol. The molecule has 5 atom stereocenters. The number of carbonyl (C=O) groups is 4. The Hall–Kier alpha value is -4.78. The van der Waals surface area contributed by atoms with Crippen LogP contribution in [0.2, 0.25) is 0 Å². The zero-order chi connectivity index (χ0) is 42.0. The number of piperidine rings is 1. The van der Waals surface area contributed by atoms with Crippen molar-refractivity contribution in [2.45, 2.75) is 114 Å². The smallest absolute Gasteiger partial charge is 0.240 e. The lowest BCUT2D eigenvalue weighted by Gasteiger charge is -2.33. The highest BCUT2D eigenvalue weighted by atomic mass is 32.2. The third kappa shape index (κ3) is 9.11. The predicted molar refractivity (Wildman–Crippen MR) is 228 cm³/mol. The van der Waals surface area contributed by atoms with Gasteiger partial charge in [0.25, 0.3) is 0 Å². The number of hydrogen-bond donors (Lipinski definition) is 1. The highest BCUT2D eigenvalue weighted by Crippen LogP contribution is 2.57. The van der Waals surface area contributed by atoms with E-state index in [1.54, 1.807) is 18.1 Å². The summed E-state index contributed by atoms with van der Waals surface area (Å²) in [5.74, 6) is -0.788. The zero-order valence-electron chi connectivity index (χ0n) is 34.7. The summed E-state index contributed by atoms with van der Waals surface area (Å²) < 4.78 is 40.5. The number of methoxy groups -OCH3 is 1. The molecule has 2 aliphatic heterocycles. The van der Waals surface area contributed by atoms with E-state index in [0.29, 0.717) is 61.0 Å². The summed E-state index contributed by atoms with van der Waals surface area (Å²) >= 11 is 0. The van der Waals surface area contributed by atoms with Crippen LogP contribution in [0.3, 0.4) is 0 Å². The Morgan fingerprint density at radius 2 is 1.70 bits per heavy atom. The fourth-order valence-electron chi connectivity index (χ4n) is 9.89. The van der Waals surface area contributed by atoms with Gasteiger partial charge in [0.05, 0.1) is 41.6 Å². The van der Waals surface area contributed by atoms with Gasteiger partial charge in [-0.15, -0.1) is 6.58 Å². The minimum atomic E-state index is -3.85. The third-order valence-electron chi connectivity index (χ3n) is 13.6. The minimum absolute atomic E-state index is 0.0230. The Morgan fingerprint density at radius 3 is 2.38 bits per heavy atom. The molecule has 3 heterocycles. The van der Waals surface area contributed by atoms with Crippen LogP contribution in [0.1, 0.15) is 96.3 Å². The Balaban J connectivity index is 1.11. The molecular formula is C47H58N4O8S. The predicted octanol–water partition coefficient (Wildman–Crippen LogP) is 7.01. The van der Waals surface area contributed by atoms with E-state index in [1.807, 2.05) is 59.5 Å². The summed E-state index contributed by atoms with van der Waals surface area (Å²) in [7, 11) is -2.26. The van der Waals surface area contributed by atoms with Gasteiger partial charge in [-0.3, -0.25) is 23.9 Å². The lowest BCUT2D eigenvalue weighted by molar-refractivity contribution is -0.145. The second-order valence-electron chi connectivity index (χ2n) is 17.8. The number of allylic oxidation sites excluding steroid dienone is 1. The summed E-state index contributed by atoms with van der Waals surface area (Å²) in [6.45, 7) is 5.37. The molecule has 13 heteroatoms. The maximum absolute atomic E-state index is 15.1. The number of nitrogens with one attached hydrogen (secondary N) is 1. The van der Waals surface area contributed by atoms with E-state index in [4.69, 9.17) is 14.5 Å². The van der Waals surface area contributed by atoms with E-state index in [9.17, 15) is 22.8 Å². The average molecular weight is 839 g/mol. The molecule has 3 aliphatic carbocycles. The zero-order valence-corrected chi connectivity index (χ0v) is 35.5. The number of ether oxygens (including phenoxy) is 2. The first-order valence-corrected chi connectivity index (χ1v) is 23.5. The van der Waals surface area contributed by atoms with Gasteiger partial charge in [-0.2, -0.15) is 0 Å². The highest BCUT2D eigenvalue weighted by Gasteiger charge is 2.61. The Morgan fingerprint density at radius 1 is 0.967 bits per heavy atom. The van der Waals surface area contributed by atoms with Gasteiger partial charge < -0.3 is 19.3 Å². The number of Topliss-reactive ketones (excluding diaryl/α,β-unsaturated/α-hetero) is 1. The van der Waals surface area contributed by atoms with Crippen LogP contribution in [0.25, 0.3) is 22.2 Å². The van der Waals surface area contributed by atoms with E-state index in [-0.39, 0.29) is 55.7 Å². The molecular weight excluding hydrogens is 781 g/mol. The topological polar surface area (TPSA) is 152 Å². The Kier molecular flexibility index (Phi) is 12.4. The number of hydrogen-bond acceptors (Lipinski definition) is 9. The number of amides is 3. The number of sulfonamides is 1. The molecule has 3 aromatic rings. The van der Waals surface area contributed by atoms with Crippen molar-refractivity contribution in [2.24, 2.45) is 23.2 Å². The molecule has 5 fully saturated rings. The van der Waals surface area contributed by atoms with Gasteiger partial charge in [0.2, 0.25) is 27.7 Å². The summed E-state index contributed by atoms with van der Waals surface area (Å²) in [5.41, 5.74) is 0.963. The summed E-state index contributed by atoms with van der Waals surface area (Å²) in [6, 6.07) is 16.3. The molecule has 60 heavy (non-hydrogen) atoms. The first-order valence-electron chi connectivity index (χ1n) is 22.0. The van der Waals surface area contributed by atoms with Crippen molar-refractivity contribution in [3.8, 4) is 22.8 Å². The van der Waals surface area contributed by atoms with Crippen molar-refractivity contribution < 1.29 is 37.1 Å². The standard InChI is InChI=1S/C47H58N4O8S/c1-3-34-28-47(34,46(55)49-60(56,57)37-18-19-37)29-42(52)41-26-36(59-43-27-39(32-15-9-5-10-16-32)48-40-25-35(58-2)17-20-38(40)43)30-51(41)45(54)33(23-31-13-7-4-8-14-31)24-44(53)50-21-11-6-12-22-50/h3,5,9-10,15-17,20,25,27,31,33-34,36-37,41H,1,4,6-8,11-14,18-19,21-24,26,28-30H2,2H3,(H,49,55)/t33-,34?,36+,41-,47+/m0/s1. The first kappa shape index (κ1) is 41.9. The maximum atomic E-state index is 15.1. The average Bonchev–Trinajstić information content (AvgIpc) is 4.20. The molecule has 3 saturated carbocycles. The van der Waals surface area contributed by atoms with Crippen LogP contribution in [-0.4, -0.2) is 90.8 Å². The van der Waals surface area contributed by atoms with Crippen molar-refractivity contribution >= 4 is 44.4 Å². The Bertz CT molecular complexity index is 2220. The van der Waals surface area contributed by atoms with E-state index in [2.05, 4.69) is 11.3 Å². The molecule has 1 unspecified atom stereocenters. The molecule has 1 aromatic heterocycles. The normalized spacial score (nSPS) is 25.1. The van der Waals surface area contributed by atoms with Crippen LogP contribution in [0.5, 0.6) is 11.5 Å². The second-order valence-corrected chi connectivity index (χ2v) is 19.8. The van der Waals surface area contributed by atoms with Crippen LogP contribution in [0.4, 0.5) is 0 Å². The van der Waals surface area contributed by atoms with Gasteiger partial charge in [-0.25, -0.2) is 13.4 Å². The van der Waals surface area contributed by atoms with Crippen molar-refractivity contribution in [3.05, 3.63) is 67.3 Å². The van der Waals surface area contributed by atoms with Crippen molar-refractivity contribution in [1.29, 1.82) is 0 Å². The number of likely N-dealkylation sites (tertiary alicyclic amines) is 2. The molecule has 2 saturated heterocycles. The number of rotatable bonds is 16. The van der Waals surface area contributed by atoms with Crippen molar-refractivity contribution in [1.82, 2.24) is 19.5 Å². The number of nitrogens with zero attached hydrogens (tertiary/aromatic N) is 3. The number of ketones is 1. The van der Waals surface area contributed by atoms with Gasteiger partial charge in [-0.05, 0) is 68.9 Å². The quantitative estimate of drug-likeness (QED) is 0.150. The minimum Gasteiger partial charge on any atom is -0.497 e. The van der Waals surface area contributed by atoms with Crippen LogP contribution in [-0.2, 0) is 29.2 Å². The molecule has 320 valence electrons. The third-order valence-corrected chi connectivity index (χ3v) is 15.5. The van der Waals surface area contributed by atoms with Gasteiger partial charge >= 0.3 is 0 Å². The fourth-order valence-corrected chi connectivity index (χ4v) is 11.3. The van der Waals surface area contributed by atoms with Crippen LogP contribution in [0, 0.1) is 23.2 Å². The number of fused-ring (bicyclic) bond motifs is 1. The highest BCUT2D eigenvalue weighted by molar-refractivity contribution is 7.90. The molecule has 2 aromatic carbocycles. The summed E-state index contributed by atoms with van der Waals surface area (Å²) in [6.07, 6.45) is 11.2. The van der Waals surface area contributed by atoms with E-state index in [0.717, 1.165) is 62.3 Å². The van der Waals surface area contributed by atoms with Gasteiger partial charge in [0.1, 0.15) is 17.6 Å². The molecule has 0 spiro atoms. The molecule has 12 nitrogen and oxygen atoms in total. The summed E-state index contributed by atoms with van der Waals surface area (Å²) in [4.78, 5) is 66.0. The molecule has 5 aliphatic rings. The Labute approximate surface area is 353 Å². The first-order chi connectivity index (χ1) is 29.0. The van der Waals surface area contributed by atoms with Crippen LogP contribution in [0.15, 0.2) is 67.3 Å². The molecule has 8 rings (SSSR count).